The van der Waals surface area contributed by atoms with Crippen LogP contribution in [-0.4, -0.2) is 11.8 Å². The van der Waals surface area contributed by atoms with Gasteiger partial charge in [0.1, 0.15) is 0 Å². The molecule has 386 valence electrons. The largest absolute Gasteiger partial charge is 0.320 e. The second-order valence-corrected chi connectivity index (χ2v) is 26.8. The number of thiophene rings is 6. The van der Waals surface area contributed by atoms with Crippen molar-refractivity contribution in [1.82, 2.24) is 10.6 Å². The summed E-state index contributed by atoms with van der Waals surface area (Å²) in [5.74, 6) is 2.20. The lowest BCUT2D eigenvalue weighted by Crippen LogP contribution is -2.20. The highest BCUT2D eigenvalue weighted by atomic mass is 32.1. The quantitative estimate of drug-likeness (QED) is 0.0472. The van der Waals surface area contributed by atoms with Gasteiger partial charge in [0.25, 0.3) is 11.8 Å². The van der Waals surface area contributed by atoms with E-state index in [1.807, 2.05) is 45.3 Å². The van der Waals surface area contributed by atoms with E-state index in [1.165, 1.54) is 151 Å². The highest BCUT2D eigenvalue weighted by Crippen LogP contribution is 2.50. The number of carbonyl (C=O) groups is 2. The van der Waals surface area contributed by atoms with E-state index in [9.17, 15) is 9.59 Å². The molecule has 0 bridgehead atoms. The van der Waals surface area contributed by atoms with E-state index in [0.717, 1.165) is 48.3 Å². The standard InChI is InChI=1S/C62H80N2O2S6/c1-9-17-21-39(13-5)33-43-29-31-67-57(43)47-25-27-49(69-47)59-45(35-41(15-7)23-19-11-3)37-51(71-59)55-53-54(62(66)63-55)56(64-61(53)65)52-38-46(36-42(16-8)24-20-12-4)60(72-52)50-28-26-48(70-50)58-44(30-32-68-58)34-40(14-6)22-18-10-2/h25-32,37-42H,9-24,33-36H2,1-8H3,(H,63,66)(H,64,65). The summed E-state index contributed by atoms with van der Waals surface area (Å²) < 4.78 is 0. The summed E-state index contributed by atoms with van der Waals surface area (Å²) in [7, 11) is 0. The Hall–Kier alpha value is -3.38. The smallest absolute Gasteiger partial charge is 0.258 e. The van der Waals surface area contributed by atoms with Crippen molar-refractivity contribution >= 4 is 91.2 Å². The molecular weight excluding hydrogens is 997 g/mol. The van der Waals surface area contributed by atoms with Gasteiger partial charge in [-0.1, -0.05) is 158 Å². The lowest BCUT2D eigenvalue weighted by atomic mass is 9.91. The van der Waals surface area contributed by atoms with Crippen LogP contribution in [0.3, 0.4) is 0 Å². The SMILES string of the molecule is CCCCC(CC)Cc1ccsc1-c1ccc(-c2sc(C3=C4C(=O)NC(c5cc(CC(CC)CCCC)c(-c6ccc(-c7sccc7CC(CC)CCCC)s6)s5)=C4C(=O)N3)cc2CC(CC)CCCC)s1. The average molecular weight is 1080 g/mol. The molecule has 4 nitrogen and oxygen atoms in total. The highest BCUT2D eigenvalue weighted by Gasteiger charge is 2.42. The zero-order valence-corrected chi connectivity index (χ0v) is 49.4. The van der Waals surface area contributed by atoms with Crippen molar-refractivity contribution in [3.63, 3.8) is 0 Å². The molecule has 2 aliphatic rings. The predicted molar refractivity (Wildman–Crippen MR) is 320 cm³/mol. The Labute approximate surface area is 456 Å². The third-order valence-corrected chi connectivity index (χ3v) is 22.8. The summed E-state index contributed by atoms with van der Waals surface area (Å²) in [6, 6.07) is 18.6. The van der Waals surface area contributed by atoms with Crippen LogP contribution in [-0.2, 0) is 35.3 Å². The fourth-order valence-electron chi connectivity index (χ4n) is 11.0. The molecule has 0 saturated carbocycles. The number of hydrogen-bond donors (Lipinski definition) is 2. The summed E-state index contributed by atoms with van der Waals surface area (Å²) in [5, 5.41) is 11.1. The van der Waals surface area contributed by atoms with E-state index >= 15 is 0 Å². The minimum atomic E-state index is -0.189. The van der Waals surface area contributed by atoms with Crippen LogP contribution in [0.5, 0.6) is 0 Å². The van der Waals surface area contributed by atoms with Crippen LogP contribution in [0.15, 0.2) is 70.4 Å². The topological polar surface area (TPSA) is 58.2 Å². The minimum absolute atomic E-state index is 0.189. The Bertz CT molecular complexity index is 2610. The van der Waals surface area contributed by atoms with Crippen molar-refractivity contribution in [3.05, 3.63) is 102 Å². The second-order valence-electron chi connectivity index (χ2n) is 20.7. The molecule has 72 heavy (non-hydrogen) atoms. The third kappa shape index (κ3) is 12.6. The van der Waals surface area contributed by atoms with Gasteiger partial charge in [-0.05, 0) is 131 Å². The number of rotatable bonds is 30. The van der Waals surface area contributed by atoms with Gasteiger partial charge in [-0.15, -0.1) is 68.0 Å². The minimum Gasteiger partial charge on any atom is -0.320 e. The predicted octanol–water partition coefficient (Wildman–Crippen LogP) is 20.1. The van der Waals surface area contributed by atoms with E-state index in [-0.39, 0.29) is 11.8 Å². The fraction of sp³-hybridized carbons (Fsp3) is 0.516. The zero-order valence-electron chi connectivity index (χ0n) is 44.5. The summed E-state index contributed by atoms with van der Waals surface area (Å²) >= 11 is 11.0. The lowest BCUT2D eigenvalue weighted by Gasteiger charge is -2.14. The molecule has 0 aliphatic carbocycles. The van der Waals surface area contributed by atoms with Gasteiger partial charge in [0.15, 0.2) is 0 Å². The maximum Gasteiger partial charge on any atom is 0.258 e. The van der Waals surface area contributed by atoms with Gasteiger partial charge < -0.3 is 10.6 Å². The Morgan fingerprint density at radius 2 is 0.708 bits per heavy atom. The Kier molecular flexibility index (Phi) is 20.1. The van der Waals surface area contributed by atoms with E-state index in [0.29, 0.717) is 46.2 Å². The van der Waals surface area contributed by atoms with Crippen LogP contribution in [0.4, 0.5) is 0 Å². The molecule has 2 amide bonds. The van der Waals surface area contributed by atoms with Crippen LogP contribution in [0.25, 0.3) is 50.4 Å². The number of fused-ring (bicyclic) bond motifs is 1. The van der Waals surface area contributed by atoms with Gasteiger partial charge >= 0.3 is 0 Å². The van der Waals surface area contributed by atoms with Crippen molar-refractivity contribution in [2.24, 2.45) is 23.7 Å². The molecule has 2 N–H and O–H groups in total. The first-order chi connectivity index (χ1) is 35.1. The molecular formula is C62H80N2O2S6. The summed E-state index contributed by atoms with van der Waals surface area (Å²) in [6.45, 7) is 18.5. The Morgan fingerprint density at radius 1 is 0.389 bits per heavy atom. The summed E-state index contributed by atoms with van der Waals surface area (Å²) in [5.41, 5.74) is 7.93. The van der Waals surface area contributed by atoms with Crippen molar-refractivity contribution in [2.75, 3.05) is 0 Å². The average Bonchev–Trinajstić information content (AvgIpc) is 4.25. The summed E-state index contributed by atoms with van der Waals surface area (Å²) in [6.07, 6.45) is 23.8. The van der Waals surface area contributed by atoms with Crippen LogP contribution in [0, 0.1) is 23.7 Å². The Morgan fingerprint density at radius 3 is 1.03 bits per heavy atom. The summed E-state index contributed by atoms with van der Waals surface area (Å²) in [4.78, 5) is 41.4. The number of hydrogen-bond acceptors (Lipinski definition) is 8. The monoisotopic (exact) mass is 1080 g/mol. The molecule has 10 heteroatoms. The van der Waals surface area contributed by atoms with Gasteiger partial charge in [-0.2, -0.15) is 0 Å². The molecule has 0 aromatic carbocycles. The molecule has 0 spiro atoms. The first kappa shape index (κ1) is 54.9. The molecule has 6 aromatic rings. The van der Waals surface area contributed by atoms with E-state index in [4.69, 9.17) is 0 Å². The van der Waals surface area contributed by atoms with E-state index in [1.54, 1.807) is 22.7 Å². The van der Waals surface area contributed by atoms with Crippen LogP contribution in [0.1, 0.15) is 190 Å². The van der Waals surface area contributed by atoms with E-state index in [2.05, 4.69) is 125 Å². The van der Waals surface area contributed by atoms with Gasteiger partial charge in [-0.25, -0.2) is 0 Å². The van der Waals surface area contributed by atoms with Gasteiger partial charge in [0, 0.05) is 39.0 Å². The van der Waals surface area contributed by atoms with E-state index < -0.39 is 0 Å². The molecule has 8 rings (SSSR count). The van der Waals surface area contributed by atoms with Crippen molar-refractivity contribution in [3.8, 4) is 39.0 Å². The normalized spacial score (nSPS) is 15.4. The number of carbonyl (C=O) groups excluding carboxylic acids is 2. The molecule has 8 heterocycles. The first-order valence-electron chi connectivity index (χ1n) is 27.9. The number of unbranched alkanes of at least 4 members (excludes halogenated alkanes) is 4. The van der Waals surface area contributed by atoms with Crippen molar-refractivity contribution < 1.29 is 9.59 Å². The molecule has 2 aliphatic heterocycles. The van der Waals surface area contributed by atoms with Gasteiger partial charge in [0.05, 0.1) is 32.3 Å². The molecule has 0 saturated heterocycles. The molecule has 0 fully saturated rings. The number of nitrogens with one attached hydrogen (secondary N) is 2. The van der Waals surface area contributed by atoms with Crippen molar-refractivity contribution in [1.29, 1.82) is 0 Å². The Balaban J connectivity index is 1.16. The zero-order chi connectivity index (χ0) is 50.7. The van der Waals surface area contributed by atoms with Crippen LogP contribution >= 0.6 is 68.0 Å². The molecule has 4 atom stereocenters. The first-order valence-corrected chi connectivity index (χ1v) is 32.9. The molecule has 0 radical (unpaired) electrons. The van der Waals surface area contributed by atoms with Gasteiger partial charge in [0.2, 0.25) is 0 Å². The maximum atomic E-state index is 14.4. The van der Waals surface area contributed by atoms with Gasteiger partial charge in [-0.3, -0.25) is 9.59 Å². The maximum absolute atomic E-state index is 14.4. The highest BCUT2D eigenvalue weighted by molar-refractivity contribution is 7.27. The van der Waals surface area contributed by atoms with Crippen molar-refractivity contribution in [2.45, 2.75) is 184 Å². The third-order valence-electron chi connectivity index (χ3n) is 15.6. The lowest BCUT2D eigenvalue weighted by molar-refractivity contribution is -0.117. The van der Waals surface area contributed by atoms with Crippen LogP contribution in [0.2, 0.25) is 0 Å². The number of amides is 2. The molecule has 6 aromatic heterocycles. The van der Waals surface area contributed by atoms with Crippen LogP contribution < -0.4 is 10.6 Å². The fourth-order valence-corrected chi connectivity index (χ4v) is 17.9. The second kappa shape index (κ2) is 26.4. The molecule has 4 unspecified atom stereocenters.